The van der Waals surface area contributed by atoms with Gasteiger partial charge < -0.3 is 11.1 Å². The van der Waals surface area contributed by atoms with Crippen LogP contribution in [-0.4, -0.2) is 35.9 Å². The summed E-state index contributed by atoms with van der Waals surface area (Å²) in [5.74, 6) is 0.190. The van der Waals surface area contributed by atoms with Gasteiger partial charge in [0.2, 0.25) is 5.91 Å². The lowest BCUT2D eigenvalue weighted by Gasteiger charge is -2.24. The van der Waals surface area contributed by atoms with E-state index in [0.717, 1.165) is 27.9 Å². The Morgan fingerprint density at radius 2 is 2.06 bits per heavy atom. The summed E-state index contributed by atoms with van der Waals surface area (Å²) in [6, 6.07) is 13.3. The van der Waals surface area contributed by atoms with Gasteiger partial charge in [-0.1, -0.05) is 12.1 Å². The molecule has 4 N–H and O–H groups in total. The van der Waals surface area contributed by atoms with Crippen LogP contribution in [0.4, 0.5) is 5.82 Å². The normalized spacial score (nSPS) is 11.8. The van der Waals surface area contributed by atoms with Gasteiger partial charge in [-0.2, -0.15) is 10.2 Å². The van der Waals surface area contributed by atoms with Crippen LogP contribution in [0.2, 0.25) is 0 Å². The number of nitrogen functional groups attached to an aromatic ring is 1. The highest BCUT2D eigenvalue weighted by Gasteiger charge is 2.31. The molecule has 4 heterocycles. The Morgan fingerprint density at radius 3 is 2.81 bits per heavy atom. The fraction of sp³-hybridized carbons (Fsp3) is 0.174. The Labute approximate surface area is 183 Å². The Balaban J connectivity index is 1.50. The number of nitrogens with two attached hydrogens (primary N) is 1. The van der Waals surface area contributed by atoms with Gasteiger partial charge in [0.25, 0.3) is 0 Å². The first-order valence-electron chi connectivity index (χ1n) is 10.2. The van der Waals surface area contributed by atoms with Crippen molar-refractivity contribution < 1.29 is 4.79 Å². The SMILES string of the molecule is CC(C)(C(=O)NCc1ccccn1)n1cc2c(N)nc3cc(-c4cc[nH]n4)ccc3c2n1. The molecular formula is C23H22N8O. The molecule has 160 valence electrons. The predicted octanol–water partition coefficient (Wildman–Crippen LogP) is 3.00. The minimum absolute atomic E-state index is 0.174. The summed E-state index contributed by atoms with van der Waals surface area (Å²) in [5.41, 5.74) is 9.28. The van der Waals surface area contributed by atoms with Gasteiger partial charge in [0.1, 0.15) is 16.9 Å². The maximum absolute atomic E-state index is 13.0. The average Bonchev–Trinajstić information content (AvgIpc) is 3.49. The molecule has 1 amide bonds. The average molecular weight is 426 g/mol. The van der Waals surface area contributed by atoms with E-state index in [1.54, 1.807) is 23.3 Å². The molecular weight excluding hydrogens is 404 g/mol. The van der Waals surface area contributed by atoms with Gasteiger partial charge in [0, 0.05) is 29.5 Å². The number of carbonyl (C=O) groups excluding carboxylic acids is 1. The van der Waals surface area contributed by atoms with Gasteiger partial charge in [0.15, 0.2) is 0 Å². The van der Waals surface area contributed by atoms with Crippen molar-refractivity contribution in [3.8, 4) is 11.3 Å². The lowest BCUT2D eigenvalue weighted by molar-refractivity contribution is -0.129. The Morgan fingerprint density at radius 1 is 1.19 bits per heavy atom. The number of nitrogens with one attached hydrogen (secondary N) is 2. The van der Waals surface area contributed by atoms with Crippen molar-refractivity contribution in [1.29, 1.82) is 0 Å². The summed E-state index contributed by atoms with van der Waals surface area (Å²) in [5, 5.41) is 16.3. The number of pyridine rings is 2. The summed E-state index contributed by atoms with van der Waals surface area (Å²) >= 11 is 0. The van der Waals surface area contributed by atoms with Crippen LogP contribution in [0.5, 0.6) is 0 Å². The molecule has 1 aromatic carbocycles. The van der Waals surface area contributed by atoms with Crippen LogP contribution in [0.3, 0.4) is 0 Å². The van der Waals surface area contributed by atoms with Gasteiger partial charge in [-0.15, -0.1) is 0 Å². The largest absolute Gasteiger partial charge is 0.383 e. The van der Waals surface area contributed by atoms with Gasteiger partial charge in [0.05, 0.1) is 28.8 Å². The van der Waals surface area contributed by atoms with Crippen LogP contribution < -0.4 is 11.1 Å². The van der Waals surface area contributed by atoms with E-state index in [-0.39, 0.29) is 5.91 Å². The third-order valence-corrected chi connectivity index (χ3v) is 5.57. The molecule has 4 aromatic heterocycles. The third-order valence-electron chi connectivity index (χ3n) is 5.57. The molecule has 0 saturated carbocycles. The highest BCUT2D eigenvalue weighted by Crippen LogP contribution is 2.31. The zero-order chi connectivity index (χ0) is 22.3. The second kappa shape index (κ2) is 7.45. The number of benzene rings is 1. The summed E-state index contributed by atoms with van der Waals surface area (Å²) in [7, 11) is 0. The fourth-order valence-corrected chi connectivity index (χ4v) is 3.64. The number of carbonyl (C=O) groups is 1. The van der Waals surface area contributed by atoms with Crippen LogP contribution >= 0.6 is 0 Å². The van der Waals surface area contributed by atoms with Crippen molar-refractivity contribution in [2.75, 3.05) is 5.73 Å². The first-order chi connectivity index (χ1) is 15.4. The topological polar surface area (TPSA) is 127 Å². The number of amides is 1. The van der Waals surface area contributed by atoms with E-state index in [2.05, 4.69) is 25.5 Å². The zero-order valence-electron chi connectivity index (χ0n) is 17.7. The number of H-pyrrole nitrogens is 1. The van der Waals surface area contributed by atoms with Gasteiger partial charge >= 0.3 is 0 Å². The number of rotatable bonds is 5. The summed E-state index contributed by atoms with van der Waals surface area (Å²) in [6.07, 6.45) is 5.25. The smallest absolute Gasteiger partial charge is 0.247 e. The maximum atomic E-state index is 13.0. The number of fused-ring (bicyclic) bond motifs is 3. The number of hydrogen-bond acceptors (Lipinski definition) is 6. The minimum atomic E-state index is -0.943. The lowest BCUT2D eigenvalue weighted by Crippen LogP contribution is -2.44. The van der Waals surface area contributed by atoms with Crippen LogP contribution in [0.25, 0.3) is 33.1 Å². The van der Waals surface area contributed by atoms with E-state index in [9.17, 15) is 4.79 Å². The van der Waals surface area contributed by atoms with E-state index in [0.29, 0.717) is 23.3 Å². The van der Waals surface area contributed by atoms with Crippen molar-refractivity contribution in [3.05, 3.63) is 66.7 Å². The first-order valence-corrected chi connectivity index (χ1v) is 10.2. The molecule has 0 saturated heterocycles. The number of anilines is 1. The molecule has 0 bridgehead atoms. The van der Waals surface area contributed by atoms with Crippen molar-refractivity contribution >= 4 is 33.5 Å². The van der Waals surface area contributed by atoms with Gasteiger partial charge in [-0.25, -0.2) is 4.98 Å². The van der Waals surface area contributed by atoms with Crippen molar-refractivity contribution in [3.63, 3.8) is 0 Å². The van der Waals surface area contributed by atoms with E-state index >= 15 is 0 Å². The highest BCUT2D eigenvalue weighted by atomic mass is 16.2. The molecule has 0 fully saturated rings. The van der Waals surface area contributed by atoms with E-state index in [1.165, 1.54) is 0 Å². The summed E-state index contributed by atoms with van der Waals surface area (Å²) in [6.45, 7) is 3.97. The molecule has 9 heteroatoms. The fourth-order valence-electron chi connectivity index (χ4n) is 3.64. The van der Waals surface area contributed by atoms with Gasteiger partial charge in [-0.3, -0.25) is 19.6 Å². The Kier molecular flexibility index (Phi) is 4.58. The van der Waals surface area contributed by atoms with Crippen LogP contribution in [-0.2, 0) is 16.9 Å². The van der Waals surface area contributed by atoms with Crippen LogP contribution in [0.1, 0.15) is 19.5 Å². The molecule has 0 aliphatic heterocycles. The minimum Gasteiger partial charge on any atom is -0.383 e. The van der Waals surface area contributed by atoms with E-state index < -0.39 is 5.54 Å². The molecule has 32 heavy (non-hydrogen) atoms. The molecule has 0 radical (unpaired) electrons. The standard InChI is InChI=1S/C23H22N8O/c1-23(2,22(32)26-12-15-5-3-4-9-25-15)31-13-17-20(30-31)16-7-6-14(18-8-10-27-29-18)11-19(16)28-21(17)24/h3-11,13H,12H2,1-2H3,(H2,24,28)(H,26,32)(H,27,29). The van der Waals surface area contributed by atoms with Crippen molar-refractivity contribution in [2.24, 2.45) is 0 Å². The molecule has 0 aliphatic carbocycles. The number of aromatic amines is 1. The van der Waals surface area contributed by atoms with Crippen LogP contribution in [0, 0.1) is 0 Å². The van der Waals surface area contributed by atoms with Crippen molar-refractivity contribution in [1.82, 2.24) is 35.3 Å². The number of aromatic nitrogens is 6. The summed E-state index contributed by atoms with van der Waals surface area (Å²) < 4.78 is 1.64. The zero-order valence-corrected chi connectivity index (χ0v) is 17.7. The highest BCUT2D eigenvalue weighted by molar-refractivity contribution is 6.08. The predicted molar refractivity (Wildman–Crippen MR) is 122 cm³/mol. The van der Waals surface area contributed by atoms with Crippen molar-refractivity contribution in [2.45, 2.75) is 25.9 Å². The second-order valence-corrected chi connectivity index (χ2v) is 8.09. The maximum Gasteiger partial charge on any atom is 0.247 e. The molecule has 0 spiro atoms. The molecule has 0 unspecified atom stereocenters. The number of hydrogen-bond donors (Lipinski definition) is 3. The molecule has 5 aromatic rings. The molecule has 9 nitrogen and oxygen atoms in total. The molecule has 0 atom stereocenters. The monoisotopic (exact) mass is 426 g/mol. The van der Waals surface area contributed by atoms with E-state index in [1.807, 2.05) is 56.3 Å². The molecule has 0 aliphatic rings. The number of nitrogens with zero attached hydrogens (tertiary/aromatic N) is 5. The summed E-state index contributed by atoms with van der Waals surface area (Å²) in [4.78, 5) is 21.8. The quantitative estimate of drug-likeness (QED) is 0.396. The first kappa shape index (κ1) is 19.7. The Hall–Kier alpha value is -4.27. The molecule has 5 rings (SSSR count). The van der Waals surface area contributed by atoms with E-state index in [4.69, 9.17) is 10.8 Å². The third kappa shape index (κ3) is 3.33. The van der Waals surface area contributed by atoms with Gasteiger partial charge in [-0.05, 0) is 44.2 Å². The second-order valence-electron chi connectivity index (χ2n) is 8.09. The Bertz CT molecular complexity index is 1420. The van der Waals surface area contributed by atoms with Crippen LogP contribution in [0.15, 0.2) is 61.1 Å². The lowest BCUT2D eigenvalue weighted by atomic mass is 10.1.